The number of hydrogen-bond donors (Lipinski definition) is 0. The summed E-state index contributed by atoms with van der Waals surface area (Å²) in [5, 5.41) is 0.940. The molecule has 0 saturated heterocycles. The Labute approximate surface area is 137 Å². The van der Waals surface area contributed by atoms with Gasteiger partial charge in [-0.15, -0.1) is 0 Å². The molecule has 0 radical (unpaired) electrons. The molecule has 2 heterocycles. The molecule has 2 nitrogen and oxygen atoms in total. The van der Waals surface area contributed by atoms with Crippen LogP contribution in [0.2, 0.25) is 0 Å². The molecule has 0 unspecified atom stereocenters. The van der Waals surface area contributed by atoms with Crippen molar-refractivity contribution in [2.24, 2.45) is 0 Å². The Morgan fingerprint density at radius 3 is 2.00 bits per heavy atom. The van der Waals surface area contributed by atoms with Gasteiger partial charge >= 0.3 is 0 Å². The van der Waals surface area contributed by atoms with Crippen molar-refractivity contribution in [2.75, 3.05) is 0 Å². The Kier molecular flexibility index (Phi) is 3.50. The van der Waals surface area contributed by atoms with Crippen molar-refractivity contribution < 1.29 is 8.78 Å². The molecule has 0 bridgehead atoms. The number of aromatic nitrogens is 2. The largest absolute Gasteiger partial charge is 0.262 e. The quantitative estimate of drug-likeness (QED) is 0.505. The molecular formula is C20H12F2N2. The van der Waals surface area contributed by atoms with Crippen LogP contribution in [-0.4, -0.2) is 9.97 Å². The lowest BCUT2D eigenvalue weighted by molar-refractivity contribution is 0.627. The summed E-state index contributed by atoms with van der Waals surface area (Å²) in [6.45, 7) is 0. The van der Waals surface area contributed by atoms with E-state index in [0.717, 1.165) is 27.6 Å². The molecule has 4 aromatic rings. The molecular weight excluding hydrogens is 306 g/mol. The van der Waals surface area contributed by atoms with Crippen molar-refractivity contribution in [2.45, 2.75) is 0 Å². The highest BCUT2D eigenvalue weighted by Gasteiger charge is 2.12. The molecule has 2 aromatic heterocycles. The summed E-state index contributed by atoms with van der Waals surface area (Å²) < 4.78 is 26.5. The number of nitrogens with zero attached hydrogens (tertiary/aromatic N) is 2. The highest BCUT2D eigenvalue weighted by Crippen LogP contribution is 2.33. The van der Waals surface area contributed by atoms with Crippen LogP contribution in [0.25, 0.3) is 33.3 Å². The van der Waals surface area contributed by atoms with E-state index in [2.05, 4.69) is 4.98 Å². The van der Waals surface area contributed by atoms with E-state index in [9.17, 15) is 8.78 Å². The molecule has 116 valence electrons. The van der Waals surface area contributed by atoms with Crippen LogP contribution >= 0.6 is 0 Å². The first-order chi connectivity index (χ1) is 11.7. The predicted molar refractivity (Wildman–Crippen MR) is 90.3 cm³/mol. The van der Waals surface area contributed by atoms with E-state index in [-0.39, 0.29) is 11.6 Å². The maximum Gasteiger partial charge on any atom is 0.123 e. The van der Waals surface area contributed by atoms with Crippen molar-refractivity contribution in [1.29, 1.82) is 0 Å². The molecule has 4 rings (SSSR count). The fourth-order valence-corrected chi connectivity index (χ4v) is 2.69. The Morgan fingerprint density at radius 2 is 1.33 bits per heavy atom. The van der Waals surface area contributed by atoms with Gasteiger partial charge in [-0.3, -0.25) is 4.98 Å². The van der Waals surface area contributed by atoms with Crippen molar-refractivity contribution in [1.82, 2.24) is 9.97 Å². The van der Waals surface area contributed by atoms with Crippen LogP contribution < -0.4 is 0 Å². The summed E-state index contributed by atoms with van der Waals surface area (Å²) in [6.07, 6.45) is 3.40. The molecule has 0 aliphatic carbocycles. The van der Waals surface area contributed by atoms with Crippen LogP contribution in [0.4, 0.5) is 8.78 Å². The molecule has 0 aliphatic heterocycles. The summed E-state index contributed by atoms with van der Waals surface area (Å²) in [5.74, 6) is -0.593. The lowest BCUT2D eigenvalue weighted by atomic mass is 9.98. The first kappa shape index (κ1) is 14.5. The van der Waals surface area contributed by atoms with E-state index in [1.807, 2.05) is 12.1 Å². The van der Waals surface area contributed by atoms with Crippen LogP contribution in [0.3, 0.4) is 0 Å². The van der Waals surface area contributed by atoms with E-state index in [4.69, 9.17) is 4.98 Å². The second-order valence-electron chi connectivity index (χ2n) is 5.47. The average Bonchev–Trinajstić information content (AvgIpc) is 2.62. The Hall–Kier alpha value is -3.14. The summed E-state index contributed by atoms with van der Waals surface area (Å²) in [6, 6.07) is 16.3. The van der Waals surface area contributed by atoms with E-state index >= 15 is 0 Å². The fourth-order valence-electron chi connectivity index (χ4n) is 2.69. The highest BCUT2D eigenvalue weighted by molar-refractivity contribution is 5.91. The zero-order valence-electron chi connectivity index (χ0n) is 12.6. The molecule has 0 atom stereocenters. The molecule has 0 spiro atoms. The van der Waals surface area contributed by atoms with Gasteiger partial charge in [0.2, 0.25) is 0 Å². The monoisotopic (exact) mass is 318 g/mol. The van der Waals surface area contributed by atoms with Crippen molar-refractivity contribution in [3.05, 3.63) is 84.7 Å². The number of rotatable bonds is 2. The SMILES string of the molecule is Fc1ccc(-c2cc3ccncc3nc2-c2ccc(F)cc2)cc1. The maximum absolute atomic E-state index is 13.3. The van der Waals surface area contributed by atoms with Gasteiger partial charge in [0.15, 0.2) is 0 Å². The van der Waals surface area contributed by atoms with Gasteiger partial charge in [-0.25, -0.2) is 13.8 Å². The van der Waals surface area contributed by atoms with Gasteiger partial charge in [0.25, 0.3) is 0 Å². The third-order valence-electron chi connectivity index (χ3n) is 3.89. The summed E-state index contributed by atoms with van der Waals surface area (Å²) in [5.41, 5.74) is 3.97. The maximum atomic E-state index is 13.3. The fraction of sp³-hybridized carbons (Fsp3) is 0. The first-order valence-electron chi connectivity index (χ1n) is 7.47. The third-order valence-corrected chi connectivity index (χ3v) is 3.89. The second-order valence-corrected chi connectivity index (χ2v) is 5.47. The number of halogens is 2. The zero-order valence-corrected chi connectivity index (χ0v) is 12.6. The molecule has 0 fully saturated rings. The summed E-state index contributed by atoms with van der Waals surface area (Å²) >= 11 is 0. The topological polar surface area (TPSA) is 25.8 Å². The molecule has 0 N–H and O–H groups in total. The van der Waals surface area contributed by atoms with Crippen molar-refractivity contribution in [3.63, 3.8) is 0 Å². The van der Waals surface area contributed by atoms with Crippen molar-refractivity contribution >= 4 is 10.9 Å². The van der Waals surface area contributed by atoms with Gasteiger partial charge in [-0.1, -0.05) is 12.1 Å². The normalized spacial score (nSPS) is 10.9. The van der Waals surface area contributed by atoms with Gasteiger partial charge in [0.1, 0.15) is 11.6 Å². The minimum Gasteiger partial charge on any atom is -0.262 e. The zero-order chi connectivity index (χ0) is 16.5. The van der Waals surface area contributed by atoms with Crippen LogP contribution in [0.5, 0.6) is 0 Å². The lowest BCUT2D eigenvalue weighted by Gasteiger charge is -2.11. The minimum absolute atomic E-state index is 0.292. The molecule has 0 amide bonds. The Morgan fingerprint density at radius 1 is 0.708 bits per heavy atom. The number of fused-ring (bicyclic) bond motifs is 1. The van der Waals surface area contributed by atoms with Gasteiger partial charge in [0.05, 0.1) is 17.4 Å². The van der Waals surface area contributed by atoms with Crippen LogP contribution in [-0.2, 0) is 0 Å². The van der Waals surface area contributed by atoms with Gasteiger partial charge in [-0.2, -0.15) is 0 Å². The molecule has 0 saturated carbocycles. The smallest absolute Gasteiger partial charge is 0.123 e. The summed E-state index contributed by atoms with van der Waals surface area (Å²) in [7, 11) is 0. The number of hydrogen-bond acceptors (Lipinski definition) is 2. The number of pyridine rings is 2. The Balaban J connectivity index is 2.00. The molecule has 4 heteroatoms. The van der Waals surface area contributed by atoms with E-state index in [1.165, 1.54) is 24.3 Å². The van der Waals surface area contributed by atoms with Crippen LogP contribution in [0.1, 0.15) is 0 Å². The second kappa shape index (κ2) is 5.81. The third kappa shape index (κ3) is 2.63. The van der Waals surface area contributed by atoms with E-state index in [1.54, 1.807) is 36.7 Å². The Bertz CT molecular complexity index is 926. The average molecular weight is 318 g/mol. The van der Waals surface area contributed by atoms with E-state index < -0.39 is 0 Å². The van der Waals surface area contributed by atoms with Gasteiger partial charge in [0, 0.05) is 22.7 Å². The lowest BCUT2D eigenvalue weighted by Crippen LogP contribution is -1.92. The standard InChI is InChI=1S/C20H12F2N2/c21-16-5-1-13(2-6-16)18-11-15-9-10-23-12-19(15)24-20(18)14-3-7-17(22)8-4-14/h1-12H. The van der Waals surface area contributed by atoms with Crippen molar-refractivity contribution in [3.8, 4) is 22.4 Å². The minimum atomic E-state index is -0.301. The van der Waals surface area contributed by atoms with E-state index in [0.29, 0.717) is 5.69 Å². The van der Waals surface area contributed by atoms with Crippen LogP contribution in [0.15, 0.2) is 73.1 Å². The first-order valence-corrected chi connectivity index (χ1v) is 7.47. The molecule has 24 heavy (non-hydrogen) atoms. The molecule has 2 aromatic carbocycles. The number of benzene rings is 2. The van der Waals surface area contributed by atoms with Gasteiger partial charge in [-0.05, 0) is 54.1 Å². The van der Waals surface area contributed by atoms with Crippen LogP contribution in [0, 0.1) is 11.6 Å². The van der Waals surface area contributed by atoms with Gasteiger partial charge < -0.3 is 0 Å². The highest BCUT2D eigenvalue weighted by atomic mass is 19.1. The molecule has 0 aliphatic rings. The summed E-state index contributed by atoms with van der Waals surface area (Å²) in [4.78, 5) is 8.80. The predicted octanol–water partition coefficient (Wildman–Crippen LogP) is 5.24.